The molecule has 0 heterocycles. The Bertz CT molecular complexity index is 7410. The number of nitrogens with one attached hydrogen (secondary N) is 3. The molecule has 8 rings (SSSR count). The summed E-state index contributed by atoms with van der Waals surface area (Å²) in [6.07, 6.45) is 10.2. The Morgan fingerprint density at radius 1 is 0.400 bits per heavy atom. The van der Waals surface area contributed by atoms with Crippen LogP contribution in [0, 0.1) is 88.0 Å². The molecule has 1 fully saturated rings. The zero-order valence-electron chi connectivity index (χ0n) is 76.2. The van der Waals surface area contributed by atoms with Crippen LogP contribution in [-0.2, 0) is 110 Å². The first-order valence-corrected chi connectivity index (χ1v) is 76.7. The van der Waals surface area contributed by atoms with Crippen LogP contribution in [0.25, 0.3) is 0 Å². The van der Waals surface area contributed by atoms with E-state index in [-0.39, 0.29) is 76.3 Å². The molecule has 72 heteroatoms. The van der Waals surface area contributed by atoms with Gasteiger partial charge in [-0.15, -0.1) is 0 Å². The average Bonchev–Trinajstić information content (AvgIpc) is 0.772. The van der Waals surface area contributed by atoms with Crippen LogP contribution >= 0.6 is 520 Å². The Morgan fingerprint density at radius 3 is 1.10 bits per heavy atom. The fourth-order valence-electron chi connectivity index (χ4n) is 10.5. The summed E-state index contributed by atoms with van der Waals surface area (Å²) in [4.78, 5) is 82.9. The van der Waals surface area contributed by atoms with E-state index in [1.165, 1.54) is 17.9 Å². The molecule has 0 bridgehead atoms. The number of methoxy groups -OCH3 is 1. The number of carbonyl (C=O) groups excluding carboxylic acids is 7. The number of phenols is 1. The molecule has 0 spiro atoms. The van der Waals surface area contributed by atoms with Gasteiger partial charge in [-0.2, -0.15) is 26.4 Å². The van der Waals surface area contributed by atoms with E-state index in [1.54, 1.807) is 47.7 Å². The highest BCUT2D eigenvalue weighted by atomic mass is 127. The SMILES string of the molecule is CCC(Cc1c(I)cc(I)c(O)c1I)C([O-])=NS(C)(=O)=O.CCOC(=O)c1c(I)c(I)c(I)c(I)c1C([O-])=NS(C)(=O)=O.COC(=O)c1c(I)c(I)c(I)c(I)c1C([O-])=NS(C)(=O)=O.CS(=O)(=O)N=C([O-])CC(=O)Nc1cc(I)c(I)c(I)c1.CS(=O)(=O)N=C([O-])CCC(=O)Nc1cc(I)c(I)c(I)c1.CS(=O)(=O)N=C([O-])c1c(I)c(I)c(I)c(I)c1C(=O)OC1CCCCC1.CS(=O)(=O)NC(=O)C(=O)Oc1c([O-])cc(I)cc1I. The molecule has 0 saturated heterocycles. The van der Waals surface area contributed by atoms with Crippen molar-refractivity contribution in [1.82, 2.24) is 4.72 Å². The molecule has 7 aromatic rings. The summed E-state index contributed by atoms with van der Waals surface area (Å²) in [7, 11) is -25.4. The predicted octanol–water partition coefficient (Wildman–Crippen LogP) is 13.9. The molecule has 4 N–H and O–H groups in total. The molecule has 42 nitrogen and oxygen atoms in total. The van der Waals surface area contributed by atoms with Gasteiger partial charge in [0.1, 0.15) is 17.6 Å². The summed E-state index contributed by atoms with van der Waals surface area (Å²) in [5.74, 6) is -12.4. The standard InChI is InChI=1S/C15H15I4NO5S.C12H14I3NO4S.C11H9I4NO5S.C11H11I3N2O4S.C10H7I4NO5S.C10H9I3N2O4S.C9H7I2NO6S/c1-26(23,24)20-14(21)8-9(11(17)13(19)12(18)10(8)16)15(22)25-7-5-3-2-4-6-7;1-3-6(12(18)16-21(2,19)20)4-7-8(13)5-9(14)11(17)10(7)15;1-3-21-11(18)5-4(10(17)16-22(2,19)20)6(12)8(14)9(15)7(5)13;1-21(19,20)16-10(18)3-2-9(17)15-6-4-7(12)11(14)8(13)5-6;1-20-10(17)4-3(9(16)15-21(2,18)19)5(11)7(13)8(14)6(4)12;1-20(18,19)15-9(17)4-8(16)14-5-2-6(11)10(13)7(12)3-5;1-19(16,17)12-8(14)9(15)18-7-5(11)2-4(10)3-6(7)13/h7H,2-6H2,1H3,(H,20,21);5-6,17H,3-4H2,1-2H3,(H,16,18);3H2,1-2H3,(H,16,17);4-5H,2-3H2,1H3,(H,15,17)(H,16,18);1-2H3,(H,15,16);2-3H,4H2,1H3,(H,14,16)(H,15,17);2-3,13H,1H3,(H,12,14)/p-7. The largest absolute Gasteiger partial charge is 0.870 e. The second-order valence-corrected chi connectivity index (χ2v) is 66.0. The number of anilines is 2. The van der Waals surface area contributed by atoms with Gasteiger partial charge in [-0.3, -0.25) is 14.4 Å². The van der Waals surface area contributed by atoms with Crippen molar-refractivity contribution in [3.05, 3.63) is 164 Å². The van der Waals surface area contributed by atoms with Gasteiger partial charge >= 0.3 is 29.8 Å². The Balaban J connectivity index is 0.000000592. The first-order valence-electron chi connectivity index (χ1n) is 38.9. The Hall–Kier alpha value is 3.69. The summed E-state index contributed by atoms with van der Waals surface area (Å²) in [6, 6.07) is 11.8. The van der Waals surface area contributed by atoms with E-state index in [9.17, 15) is 133 Å². The van der Waals surface area contributed by atoms with Crippen molar-refractivity contribution < 1.29 is 152 Å². The second kappa shape index (κ2) is 68.4. The highest BCUT2D eigenvalue weighted by Crippen LogP contribution is 2.41. The summed E-state index contributed by atoms with van der Waals surface area (Å²) in [6.45, 7) is 3.60. The lowest BCUT2D eigenvalue weighted by Gasteiger charge is -2.25. The summed E-state index contributed by atoms with van der Waals surface area (Å²) < 4.78 is 212. The van der Waals surface area contributed by atoms with Gasteiger partial charge in [0.25, 0.3) is 0 Å². The number of ether oxygens (including phenoxy) is 4. The van der Waals surface area contributed by atoms with Crippen molar-refractivity contribution in [2.24, 2.45) is 32.3 Å². The number of nitrogens with zero attached hydrogens (tertiary/aromatic N) is 6. The summed E-state index contributed by atoms with van der Waals surface area (Å²) in [5.41, 5.74) is 2.12. The highest BCUT2D eigenvalue weighted by molar-refractivity contribution is 14.1. The number of esters is 4. The van der Waals surface area contributed by atoms with Crippen LogP contribution in [0.3, 0.4) is 0 Å². The molecule has 1 atom stereocenters. The molecule has 1 aliphatic carbocycles. The number of hydrogen-bond acceptors (Lipinski definition) is 33. The molecular formula is C78H65I23N9O33S7-7. The third kappa shape index (κ3) is 53.1. The molecule has 3 amide bonds. The third-order valence-corrected chi connectivity index (χ3v) is 56.5. The van der Waals surface area contributed by atoms with Crippen molar-refractivity contribution >= 4 is 678 Å². The van der Waals surface area contributed by atoms with Gasteiger partial charge in [0.05, 0.1) is 91.3 Å². The second-order valence-electron chi connectivity index (χ2n) is 28.8. The molecule has 0 aromatic heterocycles. The van der Waals surface area contributed by atoms with E-state index in [1.807, 2.05) is 274 Å². The average molecular weight is 4800 g/mol. The number of amides is 3. The van der Waals surface area contributed by atoms with Crippen LogP contribution in [0.2, 0.25) is 0 Å². The molecule has 1 unspecified atom stereocenters. The first-order chi connectivity index (χ1) is 68.4. The van der Waals surface area contributed by atoms with Gasteiger partial charge in [-0.25, -0.2) is 82.8 Å². The van der Waals surface area contributed by atoms with E-state index in [0.29, 0.717) is 62.6 Å². The van der Waals surface area contributed by atoms with Crippen molar-refractivity contribution in [2.45, 2.75) is 84.2 Å². The molecule has 150 heavy (non-hydrogen) atoms. The molecular weight excluding hydrogens is 4730 g/mol. The number of rotatable bonds is 27. The molecule has 0 radical (unpaired) electrons. The van der Waals surface area contributed by atoms with Crippen LogP contribution in [0.1, 0.15) is 125 Å². The van der Waals surface area contributed by atoms with Crippen molar-refractivity contribution in [1.29, 1.82) is 0 Å². The minimum atomic E-state index is -3.88. The van der Waals surface area contributed by atoms with Gasteiger partial charge in [-0.1, -0.05) is 25.2 Å². The van der Waals surface area contributed by atoms with Crippen LogP contribution in [0.4, 0.5) is 11.4 Å². The smallest absolute Gasteiger partial charge is 0.403 e. The highest BCUT2D eigenvalue weighted by Gasteiger charge is 2.32. The molecule has 0 aliphatic heterocycles. The van der Waals surface area contributed by atoms with E-state index >= 15 is 0 Å². The lowest BCUT2D eigenvalue weighted by molar-refractivity contribution is -0.270. The molecule has 830 valence electrons. The maximum atomic E-state index is 12.9. The van der Waals surface area contributed by atoms with Crippen molar-refractivity contribution in [3.63, 3.8) is 0 Å². The van der Waals surface area contributed by atoms with Crippen molar-refractivity contribution in [2.75, 3.05) is 68.1 Å². The molecule has 1 aliphatic rings. The monoisotopic (exact) mass is 4800 g/mol. The molecule has 7 aromatic carbocycles. The van der Waals surface area contributed by atoms with Crippen LogP contribution in [0.15, 0.2) is 68.9 Å². The number of hydrogen-bond donors (Lipinski definition) is 4. The fraction of sp³-hybridized carbons (Fsp3) is 0.295. The predicted molar refractivity (Wildman–Crippen MR) is 746 cm³/mol. The van der Waals surface area contributed by atoms with Gasteiger partial charge in [0, 0.05) is 124 Å². The van der Waals surface area contributed by atoms with Gasteiger partial charge < -0.3 is 70.4 Å². The number of phenolic OH excluding ortho intramolecular Hbond substituents is 1. The zero-order valence-corrected chi connectivity index (χ0v) is 132. The van der Waals surface area contributed by atoms with E-state index in [2.05, 4.69) is 290 Å². The quantitative estimate of drug-likeness (QED) is 0.00427. The lowest BCUT2D eigenvalue weighted by Crippen LogP contribution is -2.37. The number of benzene rings is 7. The van der Waals surface area contributed by atoms with Crippen LogP contribution in [-0.4, -0.2) is 205 Å². The van der Waals surface area contributed by atoms with Crippen LogP contribution in [0.5, 0.6) is 17.2 Å². The number of aromatic hydroxyl groups is 1. The van der Waals surface area contributed by atoms with Crippen molar-refractivity contribution in [3.8, 4) is 17.2 Å². The number of halogens is 23. The maximum absolute atomic E-state index is 12.9. The Labute approximate surface area is 1180 Å². The van der Waals surface area contributed by atoms with E-state index < -0.39 is 159 Å². The Morgan fingerprint density at radius 2 is 0.753 bits per heavy atom. The zero-order chi connectivity index (χ0) is 116. The summed E-state index contributed by atoms with van der Waals surface area (Å²) in [5, 5.41) is 98.2. The van der Waals surface area contributed by atoms with Crippen LogP contribution < -0.4 is 55.8 Å². The maximum Gasteiger partial charge on any atom is 0.403 e. The van der Waals surface area contributed by atoms with Gasteiger partial charge in [0.15, 0.2) is 0 Å². The fourth-order valence-corrected chi connectivity index (χ4v) is 34.3. The van der Waals surface area contributed by atoms with Gasteiger partial charge in [-0.05, 0) is 637 Å². The van der Waals surface area contributed by atoms with E-state index in [0.717, 1.165) is 125 Å². The minimum Gasteiger partial charge on any atom is -0.870 e. The topological polar surface area (TPSA) is 687 Å². The number of carbonyl (C=O) groups is 7. The lowest BCUT2D eigenvalue weighted by atomic mass is 9.97. The van der Waals surface area contributed by atoms with E-state index in [4.69, 9.17) is 14.2 Å². The molecule has 1 saturated carbocycles. The summed E-state index contributed by atoms with van der Waals surface area (Å²) >= 11 is 46.9. The normalized spacial score (nSPS) is 13.2. The third-order valence-electron chi connectivity index (χ3n) is 16.5. The minimum absolute atomic E-state index is 0.00829. The Kier molecular flexibility index (Phi) is 68.3. The van der Waals surface area contributed by atoms with Gasteiger partial charge in [0.2, 0.25) is 82.0 Å². The number of sulfonamides is 7. The first kappa shape index (κ1) is 150.